The Balaban J connectivity index is 2.66. The van der Waals surface area contributed by atoms with Gasteiger partial charge in [0.2, 0.25) is 0 Å². The van der Waals surface area contributed by atoms with E-state index in [0.29, 0.717) is 24.4 Å². The second-order valence-electron chi connectivity index (χ2n) is 5.25. The third-order valence-electron chi connectivity index (χ3n) is 3.08. The van der Waals surface area contributed by atoms with Crippen molar-refractivity contribution in [2.45, 2.75) is 33.1 Å². The Labute approximate surface area is 112 Å². The molecule has 0 saturated carbocycles. The fourth-order valence-electron chi connectivity index (χ4n) is 1.82. The summed E-state index contributed by atoms with van der Waals surface area (Å²) in [4.78, 5) is 11.9. The molecule has 0 bridgehead atoms. The van der Waals surface area contributed by atoms with Gasteiger partial charge in [0.05, 0.1) is 5.56 Å². The molecule has 0 fully saturated rings. The predicted molar refractivity (Wildman–Crippen MR) is 72.4 cm³/mol. The molecular weight excluding hydrogens is 253 g/mol. The van der Waals surface area contributed by atoms with Crippen LogP contribution >= 0.6 is 11.6 Å². The maximum Gasteiger partial charge on any atom is 0.165 e. The van der Waals surface area contributed by atoms with Gasteiger partial charge in [-0.3, -0.25) is 4.79 Å². The number of hydrogen-bond donors (Lipinski definition) is 1. The SMILES string of the molecule is CC(C)(CCN)CCC(=O)c1ccc(Cl)cc1F. The first-order valence-electron chi connectivity index (χ1n) is 6.04. The third-order valence-corrected chi connectivity index (χ3v) is 3.32. The molecule has 2 nitrogen and oxygen atoms in total. The fourth-order valence-corrected chi connectivity index (χ4v) is 1.98. The molecule has 0 aromatic heterocycles. The first-order chi connectivity index (χ1) is 8.35. The molecular formula is C14H19ClFNO. The van der Waals surface area contributed by atoms with Crippen LogP contribution in [0.3, 0.4) is 0 Å². The summed E-state index contributed by atoms with van der Waals surface area (Å²) in [6.07, 6.45) is 1.88. The summed E-state index contributed by atoms with van der Waals surface area (Å²) in [6, 6.07) is 4.14. The van der Waals surface area contributed by atoms with Crippen LogP contribution < -0.4 is 5.73 Å². The van der Waals surface area contributed by atoms with Gasteiger partial charge in [-0.05, 0) is 43.0 Å². The minimum absolute atomic E-state index is 0.00725. The fraction of sp³-hybridized carbons (Fsp3) is 0.500. The van der Waals surface area contributed by atoms with Gasteiger partial charge in [0.25, 0.3) is 0 Å². The summed E-state index contributed by atoms with van der Waals surface area (Å²) in [6.45, 7) is 4.72. The lowest BCUT2D eigenvalue weighted by molar-refractivity contribution is 0.0957. The van der Waals surface area contributed by atoms with Crippen molar-refractivity contribution in [2.24, 2.45) is 11.1 Å². The van der Waals surface area contributed by atoms with Crippen LogP contribution in [0, 0.1) is 11.2 Å². The molecule has 1 rings (SSSR count). The topological polar surface area (TPSA) is 43.1 Å². The Morgan fingerprint density at radius 1 is 1.39 bits per heavy atom. The van der Waals surface area contributed by atoms with E-state index in [0.717, 1.165) is 6.42 Å². The van der Waals surface area contributed by atoms with Gasteiger partial charge >= 0.3 is 0 Å². The lowest BCUT2D eigenvalue weighted by atomic mass is 9.83. The maximum atomic E-state index is 13.5. The second kappa shape index (κ2) is 6.30. The van der Waals surface area contributed by atoms with E-state index in [1.807, 2.05) is 0 Å². The van der Waals surface area contributed by atoms with Crippen molar-refractivity contribution in [3.63, 3.8) is 0 Å². The van der Waals surface area contributed by atoms with Crippen molar-refractivity contribution in [3.05, 3.63) is 34.6 Å². The largest absolute Gasteiger partial charge is 0.330 e. The van der Waals surface area contributed by atoms with Crippen LogP contribution in [0.25, 0.3) is 0 Å². The van der Waals surface area contributed by atoms with Crippen LogP contribution in [0.5, 0.6) is 0 Å². The average Bonchev–Trinajstić information content (AvgIpc) is 2.26. The zero-order valence-electron chi connectivity index (χ0n) is 10.8. The standard InChI is InChI=1S/C14H19ClFNO/c1-14(2,7-8-17)6-5-13(18)11-4-3-10(15)9-12(11)16/h3-4,9H,5-8,17H2,1-2H3. The van der Waals surface area contributed by atoms with Crippen LogP contribution in [0.2, 0.25) is 5.02 Å². The molecule has 0 aliphatic rings. The van der Waals surface area contributed by atoms with E-state index in [2.05, 4.69) is 13.8 Å². The van der Waals surface area contributed by atoms with Crippen molar-refractivity contribution in [3.8, 4) is 0 Å². The average molecular weight is 272 g/mol. The molecule has 100 valence electrons. The van der Waals surface area contributed by atoms with Crippen molar-refractivity contribution < 1.29 is 9.18 Å². The summed E-state index contributed by atoms with van der Waals surface area (Å²) in [5, 5.41) is 0.299. The predicted octanol–water partition coefficient (Wildman–Crippen LogP) is 3.82. The van der Waals surface area contributed by atoms with E-state index in [9.17, 15) is 9.18 Å². The molecule has 0 atom stereocenters. The van der Waals surface area contributed by atoms with Gasteiger partial charge in [0.1, 0.15) is 5.82 Å². The number of carbonyl (C=O) groups is 1. The number of halogens is 2. The molecule has 0 aliphatic carbocycles. The molecule has 0 radical (unpaired) electrons. The quantitative estimate of drug-likeness (QED) is 0.800. The van der Waals surface area contributed by atoms with E-state index >= 15 is 0 Å². The molecule has 4 heteroatoms. The number of ketones is 1. The Bertz CT molecular complexity index is 432. The summed E-state index contributed by atoms with van der Waals surface area (Å²) >= 11 is 5.65. The molecule has 0 unspecified atom stereocenters. The third kappa shape index (κ3) is 4.39. The Morgan fingerprint density at radius 3 is 2.61 bits per heavy atom. The van der Waals surface area contributed by atoms with Crippen molar-refractivity contribution in [2.75, 3.05) is 6.54 Å². The number of hydrogen-bond acceptors (Lipinski definition) is 2. The molecule has 0 amide bonds. The zero-order chi connectivity index (χ0) is 13.8. The molecule has 1 aromatic rings. The van der Waals surface area contributed by atoms with Crippen LogP contribution in [0.4, 0.5) is 4.39 Å². The van der Waals surface area contributed by atoms with Gasteiger partial charge in [-0.25, -0.2) is 4.39 Å². The van der Waals surface area contributed by atoms with E-state index in [-0.39, 0.29) is 16.8 Å². The molecule has 1 aromatic carbocycles. The van der Waals surface area contributed by atoms with Crippen molar-refractivity contribution >= 4 is 17.4 Å². The van der Waals surface area contributed by atoms with Crippen LogP contribution in [-0.2, 0) is 0 Å². The zero-order valence-corrected chi connectivity index (χ0v) is 11.6. The summed E-state index contributed by atoms with van der Waals surface area (Å²) in [5.41, 5.74) is 5.63. The summed E-state index contributed by atoms with van der Waals surface area (Å²) in [7, 11) is 0. The van der Waals surface area contributed by atoms with E-state index < -0.39 is 5.82 Å². The molecule has 2 N–H and O–H groups in total. The lowest BCUT2D eigenvalue weighted by Crippen LogP contribution is -2.18. The Morgan fingerprint density at radius 2 is 2.06 bits per heavy atom. The first kappa shape index (κ1) is 15.1. The van der Waals surface area contributed by atoms with E-state index in [1.54, 1.807) is 0 Å². The molecule has 0 saturated heterocycles. The highest BCUT2D eigenvalue weighted by Crippen LogP contribution is 2.27. The highest BCUT2D eigenvalue weighted by Gasteiger charge is 2.20. The van der Waals surface area contributed by atoms with Crippen LogP contribution in [0.1, 0.15) is 43.5 Å². The molecule has 0 heterocycles. The van der Waals surface area contributed by atoms with Gasteiger partial charge in [-0.15, -0.1) is 0 Å². The Kier molecular flexibility index (Phi) is 5.29. The van der Waals surface area contributed by atoms with Gasteiger partial charge in [0.15, 0.2) is 5.78 Å². The first-order valence-corrected chi connectivity index (χ1v) is 6.42. The summed E-state index contributed by atoms with van der Waals surface area (Å²) < 4.78 is 13.5. The van der Waals surface area contributed by atoms with E-state index in [1.165, 1.54) is 18.2 Å². The number of nitrogens with two attached hydrogens (primary N) is 1. The maximum absolute atomic E-state index is 13.5. The van der Waals surface area contributed by atoms with Crippen LogP contribution in [-0.4, -0.2) is 12.3 Å². The highest BCUT2D eigenvalue weighted by molar-refractivity contribution is 6.30. The summed E-state index contributed by atoms with van der Waals surface area (Å²) in [5.74, 6) is -0.738. The van der Waals surface area contributed by atoms with Gasteiger partial charge in [0, 0.05) is 11.4 Å². The lowest BCUT2D eigenvalue weighted by Gasteiger charge is -2.23. The minimum Gasteiger partial charge on any atom is -0.330 e. The number of benzene rings is 1. The van der Waals surface area contributed by atoms with Gasteiger partial charge < -0.3 is 5.73 Å². The molecule has 18 heavy (non-hydrogen) atoms. The monoisotopic (exact) mass is 271 g/mol. The van der Waals surface area contributed by atoms with Crippen molar-refractivity contribution in [1.29, 1.82) is 0 Å². The Hall–Kier alpha value is -0.930. The van der Waals surface area contributed by atoms with Crippen LogP contribution in [0.15, 0.2) is 18.2 Å². The highest BCUT2D eigenvalue weighted by atomic mass is 35.5. The van der Waals surface area contributed by atoms with Gasteiger partial charge in [-0.1, -0.05) is 25.4 Å². The normalized spacial score (nSPS) is 11.6. The van der Waals surface area contributed by atoms with E-state index in [4.69, 9.17) is 17.3 Å². The minimum atomic E-state index is -0.552. The van der Waals surface area contributed by atoms with Gasteiger partial charge in [-0.2, -0.15) is 0 Å². The second-order valence-corrected chi connectivity index (χ2v) is 5.69. The number of carbonyl (C=O) groups excluding carboxylic acids is 1. The molecule has 0 spiro atoms. The molecule has 0 aliphatic heterocycles. The van der Waals surface area contributed by atoms with Crippen molar-refractivity contribution in [1.82, 2.24) is 0 Å². The number of rotatable bonds is 6. The number of Topliss-reactive ketones (excluding diaryl/α,β-unsaturated/α-hetero) is 1. The smallest absolute Gasteiger partial charge is 0.165 e.